The van der Waals surface area contributed by atoms with E-state index in [1.54, 1.807) is 17.4 Å². The number of furan rings is 1. The van der Waals surface area contributed by atoms with Crippen molar-refractivity contribution in [3.05, 3.63) is 24.2 Å². The van der Waals surface area contributed by atoms with Crippen LogP contribution in [0, 0.1) is 5.92 Å². The zero-order valence-electron chi connectivity index (χ0n) is 13.8. The van der Waals surface area contributed by atoms with E-state index >= 15 is 0 Å². The fourth-order valence-corrected chi connectivity index (χ4v) is 2.91. The maximum atomic E-state index is 12.1. The average Bonchev–Trinajstić information content (AvgIpc) is 3.10. The number of urea groups is 1. The molecule has 0 atom stereocenters. The molecule has 1 aromatic heterocycles. The van der Waals surface area contributed by atoms with E-state index in [2.05, 4.69) is 10.6 Å². The Morgan fingerprint density at radius 1 is 1.22 bits per heavy atom. The third-order valence-electron chi connectivity index (χ3n) is 4.30. The molecule has 0 unspecified atom stereocenters. The minimum absolute atomic E-state index is 0.124. The van der Waals surface area contributed by atoms with Crippen molar-refractivity contribution in [2.24, 2.45) is 5.92 Å². The number of nitrogens with zero attached hydrogens (tertiary/aromatic N) is 1. The van der Waals surface area contributed by atoms with Gasteiger partial charge in [-0.3, -0.25) is 4.79 Å². The molecular weight excluding hydrogens is 294 g/mol. The number of hydrogen-bond donors (Lipinski definition) is 2. The molecule has 0 aliphatic heterocycles. The molecule has 0 aromatic carbocycles. The predicted molar refractivity (Wildman–Crippen MR) is 87.8 cm³/mol. The van der Waals surface area contributed by atoms with Crippen LogP contribution in [0.4, 0.5) is 4.79 Å². The number of rotatable bonds is 7. The van der Waals surface area contributed by atoms with Crippen LogP contribution in [0.15, 0.2) is 23.0 Å². The number of hydrogen-bond acceptors (Lipinski definition) is 3. The molecule has 1 aliphatic carbocycles. The van der Waals surface area contributed by atoms with Crippen molar-refractivity contribution in [2.45, 2.75) is 45.6 Å². The summed E-state index contributed by atoms with van der Waals surface area (Å²) in [5, 5.41) is 5.77. The smallest absolute Gasteiger partial charge is 0.317 e. The zero-order valence-corrected chi connectivity index (χ0v) is 13.8. The molecule has 3 amide bonds. The Kier molecular flexibility index (Phi) is 6.97. The molecule has 1 saturated carbocycles. The average molecular weight is 321 g/mol. The maximum absolute atomic E-state index is 12.1. The van der Waals surface area contributed by atoms with E-state index in [1.807, 2.05) is 13.0 Å². The third-order valence-corrected chi connectivity index (χ3v) is 4.30. The number of carbonyl (C=O) groups excluding carboxylic acids is 2. The Bertz CT molecular complexity index is 481. The van der Waals surface area contributed by atoms with Crippen molar-refractivity contribution < 1.29 is 14.0 Å². The quantitative estimate of drug-likeness (QED) is 0.758. The summed E-state index contributed by atoms with van der Waals surface area (Å²) in [6.45, 7) is 3.99. The van der Waals surface area contributed by atoms with Gasteiger partial charge in [-0.05, 0) is 25.8 Å². The van der Waals surface area contributed by atoms with Crippen LogP contribution in [0.25, 0.3) is 0 Å². The van der Waals surface area contributed by atoms with Gasteiger partial charge in [0.25, 0.3) is 0 Å². The summed E-state index contributed by atoms with van der Waals surface area (Å²) in [7, 11) is 0. The molecule has 0 bridgehead atoms. The second kappa shape index (κ2) is 9.22. The standard InChI is InChI=1S/C17H27N3O3/c1-2-20(12-14-8-11-23-13-14)17(22)19-10-9-18-16(21)15-6-4-3-5-7-15/h8,11,13,15H,2-7,9-10,12H2,1H3,(H,18,21)(H,19,22). The molecule has 23 heavy (non-hydrogen) atoms. The van der Waals surface area contributed by atoms with Crippen molar-refractivity contribution in [2.75, 3.05) is 19.6 Å². The van der Waals surface area contributed by atoms with Gasteiger partial charge in [-0.2, -0.15) is 0 Å². The fraction of sp³-hybridized carbons (Fsp3) is 0.647. The van der Waals surface area contributed by atoms with Crippen LogP contribution in [0.2, 0.25) is 0 Å². The highest BCUT2D eigenvalue weighted by molar-refractivity contribution is 5.78. The van der Waals surface area contributed by atoms with Crippen LogP contribution >= 0.6 is 0 Å². The molecule has 2 N–H and O–H groups in total. The second-order valence-electron chi connectivity index (χ2n) is 6.00. The number of carbonyl (C=O) groups is 2. The Morgan fingerprint density at radius 3 is 2.61 bits per heavy atom. The monoisotopic (exact) mass is 321 g/mol. The van der Waals surface area contributed by atoms with Crippen LogP contribution in [0.1, 0.15) is 44.6 Å². The predicted octanol–water partition coefficient (Wildman–Crippen LogP) is 2.51. The zero-order chi connectivity index (χ0) is 16.5. The lowest BCUT2D eigenvalue weighted by Gasteiger charge is -2.22. The van der Waals surface area contributed by atoms with E-state index in [0.29, 0.717) is 26.2 Å². The van der Waals surface area contributed by atoms with E-state index < -0.39 is 0 Å². The summed E-state index contributed by atoms with van der Waals surface area (Å²) in [4.78, 5) is 25.8. The Labute approximate surface area is 137 Å². The van der Waals surface area contributed by atoms with Gasteiger partial charge in [-0.25, -0.2) is 4.79 Å². The van der Waals surface area contributed by atoms with Gasteiger partial charge in [0.1, 0.15) is 0 Å². The van der Waals surface area contributed by atoms with Crippen molar-refractivity contribution in [3.63, 3.8) is 0 Å². The Balaban J connectivity index is 1.64. The third kappa shape index (κ3) is 5.62. The number of nitrogens with one attached hydrogen (secondary N) is 2. The molecule has 128 valence electrons. The minimum atomic E-state index is -0.124. The SMILES string of the molecule is CCN(Cc1ccoc1)C(=O)NCCNC(=O)C1CCCCC1. The van der Waals surface area contributed by atoms with E-state index in [-0.39, 0.29) is 17.9 Å². The van der Waals surface area contributed by atoms with Gasteiger partial charge in [0.05, 0.1) is 19.1 Å². The van der Waals surface area contributed by atoms with E-state index in [4.69, 9.17) is 4.42 Å². The lowest BCUT2D eigenvalue weighted by molar-refractivity contribution is -0.125. The normalized spacial score (nSPS) is 15.2. The van der Waals surface area contributed by atoms with Crippen LogP contribution in [0.3, 0.4) is 0 Å². The fourth-order valence-electron chi connectivity index (χ4n) is 2.91. The van der Waals surface area contributed by atoms with E-state index in [9.17, 15) is 9.59 Å². The molecule has 0 spiro atoms. The first-order chi connectivity index (χ1) is 11.2. The van der Waals surface area contributed by atoms with Crippen LogP contribution in [-0.2, 0) is 11.3 Å². The maximum Gasteiger partial charge on any atom is 0.317 e. The van der Waals surface area contributed by atoms with Gasteiger partial charge < -0.3 is 20.0 Å². The van der Waals surface area contributed by atoms with Crippen LogP contribution in [-0.4, -0.2) is 36.5 Å². The van der Waals surface area contributed by atoms with E-state index in [1.165, 1.54) is 6.42 Å². The molecule has 0 saturated heterocycles. The van der Waals surface area contributed by atoms with Crippen LogP contribution in [0.5, 0.6) is 0 Å². The van der Waals surface area contributed by atoms with Crippen molar-refractivity contribution >= 4 is 11.9 Å². The molecule has 2 rings (SSSR count). The Hall–Kier alpha value is -1.98. The van der Waals surface area contributed by atoms with Gasteiger partial charge in [0.2, 0.25) is 5.91 Å². The van der Waals surface area contributed by atoms with Gasteiger partial charge in [0.15, 0.2) is 0 Å². The first-order valence-electron chi connectivity index (χ1n) is 8.52. The minimum Gasteiger partial charge on any atom is -0.472 e. The topological polar surface area (TPSA) is 74.6 Å². The van der Waals surface area contributed by atoms with Gasteiger partial charge in [0, 0.05) is 31.1 Å². The van der Waals surface area contributed by atoms with Crippen molar-refractivity contribution in [1.82, 2.24) is 15.5 Å². The van der Waals surface area contributed by atoms with Gasteiger partial charge in [-0.15, -0.1) is 0 Å². The summed E-state index contributed by atoms with van der Waals surface area (Å²) >= 11 is 0. The Morgan fingerprint density at radius 2 is 1.96 bits per heavy atom. The van der Waals surface area contributed by atoms with Gasteiger partial charge in [-0.1, -0.05) is 19.3 Å². The van der Waals surface area contributed by atoms with Crippen molar-refractivity contribution in [3.8, 4) is 0 Å². The largest absolute Gasteiger partial charge is 0.472 e. The molecule has 6 nitrogen and oxygen atoms in total. The van der Waals surface area contributed by atoms with Gasteiger partial charge >= 0.3 is 6.03 Å². The second-order valence-corrected chi connectivity index (χ2v) is 6.00. The molecule has 1 aromatic rings. The van der Waals surface area contributed by atoms with E-state index in [0.717, 1.165) is 31.2 Å². The summed E-state index contributed by atoms with van der Waals surface area (Å²) in [6, 6.07) is 1.72. The molecule has 0 radical (unpaired) electrons. The highest BCUT2D eigenvalue weighted by Crippen LogP contribution is 2.23. The van der Waals surface area contributed by atoms with Crippen molar-refractivity contribution in [1.29, 1.82) is 0 Å². The highest BCUT2D eigenvalue weighted by atomic mass is 16.3. The molecule has 6 heteroatoms. The lowest BCUT2D eigenvalue weighted by atomic mass is 9.89. The molecule has 1 aliphatic rings. The van der Waals surface area contributed by atoms with Crippen LogP contribution < -0.4 is 10.6 Å². The molecule has 1 fully saturated rings. The lowest BCUT2D eigenvalue weighted by Crippen LogP contribution is -2.43. The molecular formula is C17H27N3O3. The first-order valence-corrected chi connectivity index (χ1v) is 8.52. The first kappa shape index (κ1) is 17.4. The summed E-state index contributed by atoms with van der Waals surface area (Å²) in [5.41, 5.74) is 0.965. The summed E-state index contributed by atoms with van der Waals surface area (Å²) < 4.78 is 5.02. The summed E-state index contributed by atoms with van der Waals surface area (Å²) in [6.07, 6.45) is 8.76. The number of amides is 3. The molecule has 1 heterocycles. The summed E-state index contributed by atoms with van der Waals surface area (Å²) in [5.74, 6) is 0.289. The highest BCUT2D eigenvalue weighted by Gasteiger charge is 2.20.